The molecule has 0 saturated heterocycles. The molecule has 0 saturated carbocycles. The summed E-state index contributed by atoms with van der Waals surface area (Å²) in [6.45, 7) is 6.22. The Morgan fingerprint density at radius 1 is 1.56 bits per heavy atom. The van der Waals surface area contributed by atoms with E-state index in [1.807, 2.05) is 0 Å². The first kappa shape index (κ1) is 9.53. The van der Waals surface area contributed by atoms with Crippen LogP contribution in [0.1, 0.15) is 27.2 Å². The van der Waals surface area contributed by atoms with Gasteiger partial charge in [-0.05, 0) is 24.5 Å². The van der Waals surface area contributed by atoms with E-state index in [0.717, 1.165) is 12.2 Å². The number of rotatable bonds is 4. The Bertz CT molecular complexity index is 93.1. The Morgan fingerprint density at radius 2 is 2.11 bits per heavy atom. The molecular formula is C6H14OS2. The topological polar surface area (TPSA) is 9.23 Å². The van der Waals surface area contributed by atoms with Crippen LogP contribution in [0, 0.1) is 0 Å². The quantitative estimate of drug-likeness (QED) is 0.630. The molecule has 0 N–H and O–H groups in total. The van der Waals surface area contributed by atoms with E-state index < -0.39 is 0 Å². The van der Waals surface area contributed by atoms with Crippen LogP contribution in [0.15, 0.2) is 0 Å². The molecule has 3 heteroatoms. The van der Waals surface area contributed by atoms with Gasteiger partial charge in [0, 0.05) is 15.5 Å². The Balaban J connectivity index is 3.34. The first-order chi connectivity index (χ1) is 4.20. The minimum absolute atomic E-state index is 0.224. The predicted octanol–water partition coefficient (Wildman–Crippen LogP) is 1.82. The normalized spacial score (nSPS) is 17.2. The molecule has 0 aliphatic rings. The molecule has 0 bridgehead atoms. The van der Waals surface area contributed by atoms with Gasteiger partial charge in [-0.25, -0.2) is 0 Å². The first-order valence-electron chi connectivity index (χ1n) is 3.26. The average molecular weight is 166 g/mol. The lowest BCUT2D eigenvalue weighted by atomic mass is 10.3. The molecule has 56 valence electrons. The molecule has 0 fully saturated rings. The maximum absolute atomic E-state index is 5.39. The average Bonchev–Trinajstić information content (AvgIpc) is 1.87. The van der Waals surface area contributed by atoms with Gasteiger partial charge in [0.2, 0.25) is 0 Å². The molecule has 9 heavy (non-hydrogen) atoms. The summed E-state index contributed by atoms with van der Waals surface area (Å²) in [5, 5.41) is 0. The van der Waals surface area contributed by atoms with Crippen LogP contribution in [0.3, 0.4) is 0 Å². The Hall–Kier alpha value is 0.530. The van der Waals surface area contributed by atoms with Crippen LogP contribution in [0.25, 0.3) is 0 Å². The Kier molecular flexibility index (Phi) is 5.64. The zero-order valence-electron chi connectivity index (χ0n) is 6.22. The summed E-state index contributed by atoms with van der Waals surface area (Å²) in [6.07, 6.45) is 1.39. The van der Waals surface area contributed by atoms with E-state index >= 15 is 0 Å². The SMILES string of the molecule is CCC(C)OS(=S)CC. The fraction of sp³-hybridized carbons (Fsp3) is 1.00. The minimum Gasteiger partial charge on any atom is -0.309 e. The fourth-order valence-electron chi connectivity index (χ4n) is 0.319. The van der Waals surface area contributed by atoms with Gasteiger partial charge in [0.25, 0.3) is 0 Å². The molecule has 0 heterocycles. The van der Waals surface area contributed by atoms with Crippen molar-refractivity contribution in [1.82, 2.24) is 0 Å². The van der Waals surface area contributed by atoms with Crippen molar-refractivity contribution in [2.45, 2.75) is 33.3 Å². The molecule has 0 radical (unpaired) electrons. The van der Waals surface area contributed by atoms with Gasteiger partial charge in [0.1, 0.15) is 0 Å². The Morgan fingerprint density at radius 3 is 2.44 bits per heavy atom. The predicted molar refractivity (Wildman–Crippen MR) is 46.1 cm³/mol. The van der Waals surface area contributed by atoms with E-state index in [1.54, 1.807) is 0 Å². The van der Waals surface area contributed by atoms with Crippen molar-refractivity contribution in [1.29, 1.82) is 0 Å². The highest BCUT2D eigenvalue weighted by Gasteiger charge is 1.98. The van der Waals surface area contributed by atoms with E-state index in [4.69, 9.17) is 15.4 Å². The smallest absolute Gasteiger partial charge is 0.0694 e. The van der Waals surface area contributed by atoms with Gasteiger partial charge in [-0.15, -0.1) is 0 Å². The van der Waals surface area contributed by atoms with Gasteiger partial charge in [0.05, 0.1) is 6.10 Å². The summed E-state index contributed by atoms with van der Waals surface area (Å²) in [4.78, 5) is 0. The van der Waals surface area contributed by atoms with Crippen LogP contribution in [0.2, 0.25) is 0 Å². The van der Waals surface area contributed by atoms with Crippen molar-refractivity contribution in [3.05, 3.63) is 0 Å². The Labute approximate surface area is 64.6 Å². The van der Waals surface area contributed by atoms with Crippen molar-refractivity contribution in [3.63, 3.8) is 0 Å². The van der Waals surface area contributed by atoms with Crippen LogP contribution >= 0.6 is 0 Å². The highest BCUT2D eigenvalue weighted by Crippen LogP contribution is 1.98. The summed E-state index contributed by atoms with van der Waals surface area (Å²) in [5.41, 5.74) is 0. The zero-order valence-corrected chi connectivity index (χ0v) is 7.85. The number of hydrogen-bond donors (Lipinski definition) is 0. The van der Waals surface area contributed by atoms with E-state index in [1.165, 1.54) is 0 Å². The van der Waals surface area contributed by atoms with Crippen molar-refractivity contribution < 1.29 is 4.18 Å². The van der Waals surface area contributed by atoms with Crippen LogP contribution in [-0.2, 0) is 25.1 Å². The second-order valence-electron chi connectivity index (χ2n) is 1.91. The molecule has 2 unspecified atom stereocenters. The van der Waals surface area contributed by atoms with Crippen LogP contribution < -0.4 is 0 Å². The lowest BCUT2D eigenvalue weighted by Crippen LogP contribution is -2.09. The summed E-state index contributed by atoms with van der Waals surface area (Å²) < 4.78 is 5.39. The van der Waals surface area contributed by atoms with Gasteiger partial charge in [0.15, 0.2) is 0 Å². The molecule has 0 aromatic heterocycles. The zero-order chi connectivity index (χ0) is 7.28. The summed E-state index contributed by atoms with van der Waals surface area (Å²) in [7, 11) is -0.224. The monoisotopic (exact) mass is 166 g/mol. The standard InChI is InChI=1S/C6H14OS2/c1-4-6(3)7-9(8)5-2/h6H,4-5H2,1-3H3. The first-order valence-corrected chi connectivity index (χ1v) is 5.50. The number of hydrogen-bond acceptors (Lipinski definition) is 2. The molecule has 0 spiro atoms. The lowest BCUT2D eigenvalue weighted by Gasteiger charge is -2.09. The molecule has 2 atom stereocenters. The molecule has 0 aliphatic heterocycles. The molecule has 0 aromatic carbocycles. The third kappa shape index (κ3) is 5.00. The largest absolute Gasteiger partial charge is 0.309 e. The molecule has 1 nitrogen and oxygen atoms in total. The van der Waals surface area contributed by atoms with Crippen LogP contribution in [0.5, 0.6) is 0 Å². The van der Waals surface area contributed by atoms with Gasteiger partial charge >= 0.3 is 0 Å². The summed E-state index contributed by atoms with van der Waals surface area (Å²) >= 11 is 4.99. The van der Waals surface area contributed by atoms with E-state index in [-0.39, 0.29) is 9.74 Å². The maximum Gasteiger partial charge on any atom is 0.0694 e. The molecule has 0 amide bonds. The summed E-state index contributed by atoms with van der Waals surface area (Å²) in [6, 6.07) is 0. The second kappa shape index (κ2) is 5.33. The second-order valence-corrected chi connectivity index (χ2v) is 4.40. The van der Waals surface area contributed by atoms with Crippen molar-refractivity contribution in [2.75, 3.05) is 5.75 Å². The van der Waals surface area contributed by atoms with Crippen molar-refractivity contribution in [2.24, 2.45) is 0 Å². The van der Waals surface area contributed by atoms with Crippen molar-refractivity contribution >= 4 is 20.9 Å². The third-order valence-electron chi connectivity index (χ3n) is 1.08. The van der Waals surface area contributed by atoms with Crippen molar-refractivity contribution in [3.8, 4) is 0 Å². The third-order valence-corrected chi connectivity index (χ3v) is 3.04. The fourth-order valence-corrected chi connectivity index (χ4v) is 1.36. The van der Waals surface area contributed by atoms with E-state index in [9.17, 15) is 0 Å². The molecular weight excluding hydrogens is 152 g/mol. The van der Waals surface area contributed by atoms with E-state index in [2.05, 4.69) is 20.8 Å². The van der Waals surface area contributed by atoms with E-state index in [0.29, 0.717) is 6.10 Å². The molecule has 0 aromatic rings. The van der Waals surface area contributed by atoms with Gasteiger partial charge < -0.3 is 4.18 Å². The van der Waals surface area contributed by atoms with Gasteiger partial charge in [-0.3, -0.25) is 0 Å². The summed E-state index contributed by atoms with van der Waals surface area (Å²) in [5.74, 6) is 0.958. The van der Waals surface area contributed by atoms with Gasteiger partial charge in [-0.1, -0.05) is 13.8 Å². The molecule has 0 rings (SSSR count). The van der Waals surface area contributed by atoms with Gasteiger partial charge in [-0.2, -0.15) is 0 Å². The maximum atomic E-state index is 5.39. The highest BCUT2D eigenvalue weighted by molar-refractivity contribution is 8.26. The highest BCUT2D eigenvalue weighted by atomic mass is 32.8. The van der Waals surface area contributed by atoms with Crippen LogP contribution in [-0.4, -0.2) is 11.9 Å². The van der Waals surface area contributed by atoms with Crippen LogP contribution in [0.4, 0.5) is 0 Å². The lowest BCUT2D eigenvalue weighted by molar-refractivity contribution is 0.256. The molecule has 0 aliphatic carbocycles. The minimum atomic E-state index is -0.224.